The fraction of sp³-hybridized carbons (Fsp3) is 0.143. The number of anilines is 2. The average molecular weight is 426 g/mol. The molecule has 2 amide bonds. The van der Waals surface area contributed by atoms with Crippen LogP contribution in [0.4, 0.5) is 15.9 Å². The predicted octanol–water partition coefficient (Wildman–Crippen LogP) is 3.92. The maximum atomic E-state index is 13.2. The fourth-order valence-electron chi connectivity index (χ4n) is 2.53. The van der Waals surface area contributed by atoms with E-state index in [0.29, 0.717) is 16.5 Å². The molecule has 3 rings (SSSR count). The lowest BCUT2D eigenvalue weighted by atomic mass is 10.2. The van der Waals surface area contributed by atoms with E-state index in [4.69, 9.17) is 4.74 Å². The van der Waals surface area contributed by atoms with E-state index in [0.717, 1.165) is 11.6 Å². The number of hydrogen-bond donors (Lipinski definition) is 2. The second-order valence-corrected chi connectivity index (χ2v) is 7.26. The molecule has 0 aliphatic carbocycles. The molecule has 0 radical (unpaired) electrons. The molecule has 3 aromatic rings. The Balaban J connectivity index is 1.54. The van der Waals surface area contributed by atoms with Crippen molar-refractivity contribution in [3.05, 3.63) is 71.5 Å². The lowest BCUT2D eigenvalue weighted by molar-refractivity contribution is -0.113. The predicted molar refractivity (Wildman–Crippen MR) is 113 cm³/mol. The summed E-state index contributed by atoms with van der Waals surface area (Å²) < 4.78 is 18.5. The van der Waals surface area contributed by atoms with E-state index in [-0.39, 0.29) is 23.0 Å². The molecular formula is C21H19FN4O3S. The Labute approximate surface area is 177 Å². The van der Waals surface area contributed by atoms with Crippen molar-refractivity contribution in [1.29, 1.82) is 0 Å². The zero-order valence-corrected chi connectivity index (χ0v) is 17.1. The number of nitrogens with one attached hydrogen (secondary N) is 2. The number of benzene rings is 2. The third-order valence-corrected chi connectivity index (χ3v) is 4.87. The molecule has 0 atom stereocenters. The monoisotopic (exact) mass is 426 g/mol. The number of hydrogen-bond acceptors (Lipinski definition) is 6. The molecule has 2 aromatic carbocycles. The van der Waals surface area contributed by atoms with Gasteiger partial charge in [0.25, 0.3) is 5.91 Å². The summed E-state index contributed by atoms with van der Waals surface area (Å²) in [6.45, 7) is 1.92. The average Bonchev–Trinajstić information content (AvgIpc) is 2.73. The lowest BCUT2D eigenvalue weighted by Gasteiger charge is -2.10. The quantitative estimate of drug-likeness (QED) is 0.557. The van der Waals surface area contributed by atoms with Gasteiger partial charge in [-0.25, -0.2) is 4.39 Å². The summed E-state index contributed by atoms with van der Waals surface area (Å²) in [4.78, 5) is 24.3. The summed E-state index contributed by atoms with van der Waals surface area (Å²) in [6, 6.07) is 14.1. The van der Waals surface area contributed by atoms with Crippen LogP contribution in [-0.4, -0.2) is 34.9 Å². The number of ether oxygens (including phenoxy) is 1. The molecule has 0 saturated heterocycles. The summed E-state index contributed by atoms with van der Waals surface area (Å²) in [6.07, 6.45) is 0. The van der Waals surface area contributed by atoms with Gasteiger partial charge in [-0.15, -0.1) is 10.2 Å². The normalized spacial score (nSPS) is 10.4. The van der Waals surface area contributed by atoms with Crippen LogP contribution in [-0.2, 0) is 4.79 Å². The van der Waals surface area contributed by atoms with E-state index < -0.39 is 11.7 Å². The van der Waals surface area contributed by atoms with Crippen molar-refractivity contribution in [2.45, 2.75) is 11.9 Å². The Kier molecular flexibility index (Phi) is 6.97. The lowest BCUT2D eigenvalue weighted by Crippen LogP contribution is -2.15. The van der Waals surface area contributed by atoms with Crippen molar-refractivity contribution in [2.75, 3.05) is 23.5 Å². The minimum Gasteiger partial charge on any atom is -0.495 e. The van der Waals surface area contributed by atoms with Crippen molar-refractivity contribution in [3.8, 4) is 5.75 Å². The van der Waals surface area contributed by atoms with Gasteiger partial charge >= 0.3 is 0 Å². The summed E-state index contributed by atoms with van der Waals surface area (Å²) in [5.41, 5.74) is 1.78. The van der Waals surface area contributed by atoms with Crippen LogP contribution in [0, 0.1) is 12.7 Å². The molecule has 2 N–H and O–H groups in total. The van der Waals surface area contributed by atoms with Crippen LogP contribution in [0.5, 0.6) is 5.75 Å². The van der Waals surface area contributed by atoms with Crippen LogP contribution in [0.1, 0.15) is 15.9 Å². The molecule has 7 nitrogen and oxygen atoms in total. The third kappa shape index (κ3) is 5.77. The van der Waals surface area contributed by atoms with E-state index in [1.807, 2.05) is 19.1 Å². The van der Waals surface area contributed by atoms with Crippen molar-refractivity contribution in [2.24, 2.45) is 0 Å². The highest BCUT2D eigenvalue weighted by Gasteiger charge is 2.11. The van der Waals surface area contributed by atoms with E-state index in [9.17, 15) is 14.0 Å². The Morgan fingerprint density at radius 3 is 2.60 bits per heavy atom. The molecule has 1 heterocycles. The standard InChI is InChI=1S/C21H19FN4O3S/c1-13-6-7-17(29-2)16(10-13)23-19(27)12-30-20-9-8-18(25-26-20)24-21(28)14-4-3-5-15(22)11-14/h3-11H,12H2,1-2H3,(H,23,27)(H,24,25,28). The van der Waals surface area contributed by atoms with Gasteiger partial charge in [0.05, 0.1) is 18.6 Å². The molecule has 0 aliphatic rings. The maximum Gasteiger partial charge on any atom is 0.256 e. The molecule has 0 fully saturated rings. The van der Waals surface area contributed by atoms with Gasteiger partial charge in [-0.05, 0) is 55.0 Å². The zero-order chi connectivity index (χ0) is 21.5. The van der Waals surface area contributed by atoms with Crippen LogP contribution in [0.25, 0.3) is 0 Å². The number of methoxy groups -OCH3 is 1. The summed E-state index contributed by atoms with van der Waals surface area (Å²) in [5.74, 6) is -0.271. The first kappa shape index (κ1) is 21.3. The van der Waals surface area contributed by atoms with E-state index in [2.05, 4.69) is 20.8 Å². The van der Waals surface area contributed by atoms with E-state index >= 15 is 0 Å². The van der Waals surface area contributed by atoms with Gasteiger partial charge in [0.1, 0.15) is 16.6 Å². The SMILES string of the molecule is COc1ccc(C)cc1NC(=O)CSc1ccc(NC(=O)c2cccc(F)c2)nn1. The molecule has 0 unspecified atom stereocenters. The summed E-state index contributed by atoms with van der Waals surface area (Å²) >= 11 is 1.20. The minimum absolute atomic E-state index is 0.126. The highest BCUT2D eigenvalue weighted by Crippen LogP contribution is 2.25. The number of carbonyl (C=O) groups excluding carboxylic acids is 2. The Hall–Kier alpha value is -3.46. The first-order valence-electron chi connectivity index (χ1n) is 8.92. The number of nitrogens with zero attached hydrogens (tertiary/aromatic N) is 2. The molecule has 0 spiro atoms. The Morgan fingerprint density at radius 1 is 1.07 bits per heavy atom. The van der Waals surface area contributed by atoms with Crippen LogP contribution < -0.4 is 15.4 Å². The van der Waals surface area contributed by atoms with Crippen molar-refractivity contribution in [3.63, 3.8) is 0 Å². The second kappa shape index (κ2) is 9.84. The number of halogens is 1. The number of rotatable bonds is 7. The highest BCUT2D eigenvalue weighted by atomic mass is 32.2. The number of thioether (sulfide) groups is 1. The van der Waals surface area contributed by atoms with Crippen LogP contribution in [0.15, 0.2) is 59.6 Å². The van der Waals surface area contributed by atoms with Crippen molar-refractivity contribution >= 4 is 35.1 Å². The molecule has 9 heteroatoms. The molecule has 0 saturated carbocycles. The molecule has 30 heavy (non-hydrogen) atoms. The highest BCUT2D eigenvalue weighted by molar-refractivity contribution is 7.99. The second-order valence-electron chi connectivity index (χ2n) is 6.26. The fourth-order valence-corrected chi connectivity index (χ4v) is 3.14. The topological polar surface area (TPSA) is 93.2 Å². The maximum absolute atomic E-state index is 13.2. The van der Waals surface area contributed by atoms with Crippen molar-refractivity contribution < 1.29 is 18.7 Å². The zero-order valence-electron chi connectivity index (χ0n) is 16.3. The van der Waals surface area contributed by atoms with Gasteiger partial charge in [0.15, 0.2) is 5.82 Å². The van der Waals surface area contributed by atoms with Crippen LogP contribution in [0.2, 0.25) is 0 Å². The van der Waals surface area contributed by atoms with Crippen LogP contribution >= 0.6 is 11.8 Å². The molecular weight excluding hydrogens is 407 g/mol. The molecule has 1 aromatic heterocycles. The molecule has 154 valence electrons. The van der Waals surface area contributed by atoms with Gasteiger partial charge < -0.3 is 15.4 Å². The Morgan fingerprint density at radius 2 is 1.90 bits per heavy atom. The Bertz CT molecular complexity index is 1060. The van der Waals surface area contributed by atoms with Gasteiger partial charge in [-0.2, -0.15) is 0 Å². The first-order chi connectivity index (χ1) is 14.4. The first-order valence-corrected chi connectivity index (χ1v) is 9.91. The minimum atomic E-state index is -0.498. The van der Waals surface area contributed by atoms with Crippen molar-refractivity contribution in [1.82, 2.24) is 10.2 Å². The third-order valence-electron chi connectivity index (χ3n) is 3.95. The summed E-state index contributed by atoms with van der Waals surface area (Å²) in [5, 5.41) is 13.8. The number of amides is 2. The molecule has 0 bridgehead atoms. The van der Waals surface area contributed by atoms with Gasteiger partial charge in [-0.1, -0.05) is 23.9 Å². The number of aromatic nitrogens is 2. The summed E-state index contributed by atoms with van der Waals surface area (Å²) in [7, 11) is 1.54. The van der Waals surface area contributed by atoms with Gasteiger partial charge in [-0.3, -0.25) is 9.59 Å². The van der Waals surface area contributed by atoms with E-state index in [1.54, 1.807) is 25.3 Å². The smallest absolute Gasteiger partial charge is 0.256 e. The van der Waals surface area contributed by atoms with Gasteiger partial charge in [0.2, 0.25) is 5.91 Å². The number of carbonyl (C=O) groups is 2. The largest absolute Gasteiger partial charge is 0.495 e. The number of aryl methyl sites for hydroxylation is 1. The van der Waals surface area contributed by atoms with Gasteiger partial charge in [0, 0.05) is 5.56 Å². The van der Waals surface area contributed by atoms with Crippen LogP contribution in [0.3, 0.4) is 0 Å². The van der Waals surface area contributed by atoms with E-state index in [1.165, 1.54) is 30.0 Å². The molecule has 0 aliphatic heterocycles.